The van der Waals surface area contributed by atoms with E-state index in [1.54, 1.807) is 11.8 Å². The van der Waals surface area contributed by atoms with Gasteiger partial charge in [-0.25, -0.2) is 0 Å². The molecule has 0 saturated carbocycles. The fraction of sp³-hybridized carbons (Fsp3) is 0.0800. The van der Waals surface area contributed by atoms with Gasteiger partial charge in [-0.3, -0.25) is 0 Å². The Bertz CT molecular complexity index is 1070. The third-order valence-electron chi connectivity index (χ3n) is 4.93. The summed E-state index contributed by atoms with van der Waals surface area (Å²) in [5.41, 5.74) is 4.60. The molecule has 0 aromatic heterocycles. The van der Waals surface area contributed by atoms with Gasteiger partial charge in [-0.1, -0.05) is 23.1 Å². The minimum Gasteiger partial charge on any atom is -0.510 e. The van der Waals surface area contributed by atoms with Gasteiger partial charge in [0.1, 0.15) is 0 Å². The number of anilines is 4. The van der Waals surface area contributed by atoms with Crippen molar-refractivity contribution in [3.8, 4) is 0 Å². The van der Waals surface area contributed by atoms with E-state index in [-0.39, 0.29) is 28.5 Å². The van der Waals surface area contributed by atoms with E-state index in [4.69, 9.17) is 0 Å². The van der Waals surface area contributed by atoms with Crippen molar-refractivity contribution in [2.75, 3.05) is 28.8 Å². The van der Waals surface area contributed by atoms with Gasteiger partial charge in [0.25, 0.3) is 0 Å². The molecule has 3 aromatic rings. The molecule has 0 bridgehead atoms. The zero-order valence-corrected chi connectivity index (χ0v) is 20.8. The van der Waals surface area contributed by atoms with Crippen molar-refractivity contribution in [1.82, 2.24) is 4.90 Å². The topological polar surface area (TPSA) is 13.0 Å². The van der Waals surface area contributed by atoms with Crippen molar-refractivity contribution >= 4 is 34.5 Å². The van der Waals surface area contributed by atoms with E-state index in [2.05, 4.69) is 101 Å². The molecule has 6 heteroatoms. The first-order valence-corrected chi connectivity index (χ1v) is 10.3. The normalized spacial score (nSPS) is 14.4. The van der Waals surface area contributed by atoms with Gasteiger partial charge >= 0.3 is 21.1 Å². The molecule has 0 amide bonds. The van der Waals surface area contributed by atoms with Crippen molar-refractivity contribution in [2.24, 2.45) is 0 Å². The first-order valence-electron chi connectivity index (χ1n) is 9.47. The van der Waals surface area contributed by atoms with Crippen molar-refractivity contribution in [3.05, 3.63) is 106 Å². The quantitative estimate of drug-likeness (QED) is 0.330. The summed E-state index contributed by atoms with van der Waals surface area (Å²) in [5.74, 6) is 0. The summed E-state index contributed by atoms with van der Waals surface area (Å²) in [7, 11) is 4.10. The van der Waals surface area contributed by atoms with Crippen molar-refractivity contribution in [1.29, 1.82) is 0 Å². The summed E-state index contributed by atoms with van der Waals surface area (Å²) < 4.78 is 0. The van der Waals surface area contributed by atoms with Crippen LogP contribution in [0.15, 0.2) is 88.9 Å². The second-order valence-corrected chi connectivity index (χ2v) is 8.19. The maximum Gasteiger partial charge on any atom is 4.00 e. The van der Waals surface area contributed by atoms with Crippen LogP contribution in [0, 0.1) is 26.8 Å². The summed E-state index contributed by atoms with van der Waals surface area (Å²) in [6, 6.07) is 26.9. The minimum atomic E-state index is 0. The van der Waals surface area contributed by atoms with Gasteiger partial charge < -0.3 is 27.0 Å². The molecular formula is C25H24N4PtS. The molecule has 2 heterocycles. The summed E-state index contributed by atoms with van der Waals surface area (Å²) >= 11 is 1.73. The van der Waals surface area contributed by atoms with E-state index in [9.17, 15) is 0 Å². The summed E-state index contributed by atoms with van der Waals surface area (Å²) in [6.07, 6.45) is 4.07. The Morgan fingerprint density at radius 3 is 2.39 bits per heavy atom. The van der Waals surface area contributed by atoms with E-state index in [0.717, 1.165) is 16.3 Å². The zero-order valence-electron chi connectivity index (χ0n) is 17.7. The molecule has 0 atom stereocenters. The Hall–Kier alpha value is -2.36. The summed E-state index contributed by atoms with van der Waals surface area (Å²) in [6.45, 7) is 4.17. The van der Waals surface area contributed by atoms with Gasteiger partial charge in [0.15, 0.2) is 0 Å². The molecule has 0 fully saturated rings. The van der Waals surface area contributed by atoms with Crippen LogP contribution < -0.4 is 14.7 Å². The van der Waals surface area contributed by atoms with E-state index in [1.807, 2.05) is 31.0 Å². The van der Waals surface area contributed by atoms with Crippen LogP contribution in [-0.2, 0) is 21.1 Å². The van der Waals surface area contributed by atoms with Crippen LogP contribution in [0.5, 0.6) is 0 Å². The van der Waals surface area contributed by atoms with Gasteiger partial charge in [0.05, 0.1) is 0 Å². The molecule has 0 radical (unpaired) electrons. The van der Waals surface area contributed by atoms with E-state index in [1.165, 1.54) is 16.3 Å². The number of benzene rings is 3. The van der Waals surface area contributed by atoms with Crippen LogP contribution in [0.1, 0.15) is 0 Å². The average molecular weight is 608 g/mol. The SMILES string of the molecule is CN1C=CN(c2[c-]c(Sc3cccc(N4[CH-]N(C)c5ccccc54)c3)ccc2)[CH-]1.[CH3-].[Pt+4]. The first-order chi connectivity index (χ1) is 14.2. The van der Waals surface area contributed by atoms with Crippen LogP contribution in [0.3, 0.4) is 0 Å². The second-order valence-electron chi connectivity index (χ2n) is 7.07. The third-order valence-corrected chi connectivity index (χ3v) is 5.88. The molecule has 0 aliphatic carbocycles. The molecule has 0 unspecified atom stereocenters. The van der Waals surface area contributed by atoms with Crippen LogP contribution in [0.25, 0.3) is 0 Å². The van der Waals surface area contributed by atoms with Crippen LogP contribution in [0.4, 0.5) is 22.7 Å². The average Bonchev–Trinajstić information content (AvgIpc) is 3.32. The molecule has 3 aromatic carbocycles. The molecule has 4 nitrogen and oxygen atoms in total. The van der Waals surface area contributed by atoms with Crippen molar-refractivity contribution in [2.45, 2.75) is 9.79 Å². The zero-order chi connectivity index (χ0) is 19.8. The Morgan fingerprint density at radius 1 is 0.839 bits per heavy atom. The molecule has 5 rings (SSSR count). The van der Waals surface area contributed by atoms with Crippen molar-refractivity contribution < 1.29 is 21.1 Å². The molecule has 2 aliphatic rings. The Kier molecular flexibility index (Phi) is 7.40. The number of hydrogen-bond donors (Lipinski definition) is 0. The van der Waals surface area contributed by atoms with Gasteiger partial charge in [-0.15, -0.1) is 23.5 Å². The second kappa shape index (κ2) is 9.84. The molecule has 0 saturated heterocycles. The predicted octanol–water partition coefficient (Wildman–Crippen LogP) is 6.14. The van der Waals surface area contributed by atoms with Gasteiger partial charge in [-0.2, -0.15) is 31.5 Å². The summed E-state index contributed by atoms with van der Waals surface area (Å²) in [5, 5.41) is 0. The third kappa shape index (κ3) is 4.78. The van der Waals surface area contributed by atoms with Crippen molar-refractivity contribution in [3.63, 3.8) is 0 Å². The van der Waals surface area contributed by atoms with E-state index in [0.29, 0.717) is 0 Å². The van der Waals surface area contributed by atoms with Crippen LogP contribution in [0.2, 0.25) is 0 Å². The Morgan fingerprint density at radius 2 is 1.61 bits per heavy atom. The number of hydrogen-bond acceptors (Lipinski definition) is 5. The maximum absolute atomic E-state index is 3.52. The number of rotatable bonds is 4. The number of para-hydroxylation sites is 2. The van der Waals surface area contributed by atoms with E-state index >= 15 is 0 Å². The fourth-order valence-electron chi connectivity index (χ4n) is 3.53. The molecule has 160 valence electrons. The molecule has 0 spiro atoms. The smallest absolute Gasteiger partial charge is 0.510 e. The summed E-state index contributed by atoms with van der Waals surface area (Å²) in [4.78, 5) is 10.8. The molecule has 2 aliphatic heterocycles. The molecule has 31 heavy (non-hydrogen) atoms. The largest absolute Gasteiger partial charge is 4.00 e. The van der Waals surface area contributed by atoms with Crippen LogP contribution >= 0.6 is 11.8 Å². The first kappa shape index (κ1) is 23.3. The minimum absolute atomic E-state index is 0. The molecular weight excluding hydrogens is 583 g/mol. The molecule has 0 N–H and O–H groups in total. The Labute approximate surface area is 204 Å². The van der Waals surface area contributed by atoms with Gasteiger partial charge in [-0.05, 0) is 56.8 Å². The Balaban J connectivity index is 0.00000136. The monoisotopic (exact) mass is 607 g/mol. The maximum atomic E-state index is 3.52. The van der Waals surface area contributed by atoms with Crippen LogP contribution in [-0.4, -0.2) is 19.0 Å². The van der Waals surface area contributed by atoms with Gasteiger partial charge in [0, 0.05) is 22.0 Å². The standard InChI is InChI=1S/C24H21N4S.CH3.Pt/c1-25-13-14-27(17-25)19-7-5-9-21(15-19)29-22-10-6-8-20(16-22)28-18-26(2)23-11-3-4-12-24(23)28;;/h3-14,16-18H,1-2H3;1H3;/q-3;-1;+4. The number of fused-ring (bicyclic) bond motifs is 1. The fourth-order valence-corrected chi connectivity index (χ4v) is 4.41. The predicted molar refractivity (Wildman–Crippen MR) is 127 cm³/mol. The number of nitrogens with zero attached hydrogens (tertiary/aromatic N) is 4. The van der Waals surface area contributed by atoms with E-state index < -0.39 is 0 Å². The van der Waals surface area contributed by atoms with Gasteiger partial charge in [0.2, 0.25) is 0 Å².